The molecule has 2 rings (SSSR count). The number of para-hydroxylation sites is 1. The van der Waals surface area contributed by atoms with Gasteiger partial charge in [-0.3, -0.25) is 9.59 Å². The third-order valence-corrected chi connectivity index (χ3v) is 4.41. The van der Waals surface area contributed by atoms with Crippen LogP contribution >= 0.6 is 11.6 Å². The fourth-order valence-electron chi connectivity index (χ4n) is 2.54. The predicted molar refractivity (Wildman–Crippen MR) is 107 cm³/mol. The lowest BCUT2D eigenvalue weighted by atomic mass is 10.1. The number of hydrogen-bond donors (Lipinski definition) is 1. The molecule has 0 saturated heterocycles. The molecule has 144 valence electrons. The van der Waals surface area contributed by atoms with Gasteiger partial charge in [0.2, 0.25) is 5.91 Å². The summed E-state index contributed by atoms with van der Waals surface area (Å²) in [4.78, 5) is 26.8. The lowest BCUT2D eigenvalue weighted by molar-refractivity contribution is -0.142. The summed E-state index contributed by atoms with van der Waals surface area (Å²) in [5, 5.41) is 3.28. The van der Waals surface area contributed by atoms with E-state index in [1.807, 2.05) is 37.3 Å². The van der Waals surface area contributed by atoms with Gasteiger partial charge in [-0.15, -0.1) is 0 Å². The van der Waals surface area contributed by atoms with Gasteiger partial charge in [-0.05, 0) is 31.0 Å². The molecule has 5 nitrogen and oxygen atoms in total. The van der Waals surface area contributed by atoms with Crippen molar-refractivity contribution in [2.75, 3.05) is 13.2 Å². The monoisotopic (exact) mass is 388 g/mol. The Hall–Kier alpha value is -2.53. The van der Waals surface area contributed by atoms with Crippen LogP contribution in [-0.2, 0) is 16.1 Å². The highest BCUT2D eigenvalue weighted by Crippen LogP contribution is 2.23. The third-order valence-electron chi connectivity index (χ3n) is 4.10. The summed E-state index contributed by atoms with van der Waals surface area (Å²) in [6, 6.07) is 15.9. The molecule has 0 spiro atoms. The van der Waals surface area contributed by atoms with Crippen molar-refractivity contribution in [3.05, 3.63) is 65.2 Å². The molecule has 1 atom stereocenters. The Labute approximate surface area is 165 Å². The Morgan fingerprint density at radius 1 is 1.11 bits per heavy atom. The van der Waals surface area contributed by atoms with Crippen molar-refractivity contribution in [2.24, 2.45) is 0 Å². The molecule has 27 heavy (non-hydrogen) atoms. The van der Waals surface area contributed by atoms with Crippen LogP contribution in [0.15, 0.2) is 54.6 Å². The second-order valence-corrected chi connectivity index (χ2v) is 6.60. The zero-order valence-corrected chi connectivity index (χ0v) is 16.4. The fourth-order valence-corrected chi connectivity index (χ4v) is 2.73. The first kappa shape index (κ1) is 20.8. The molecule has 0 aliphatic carbocycles. The van der Waals surface area contributed by atoms with Crippen LogP contribution in [0.4, 0.5) is 0 Å². The molecule has 0 fully saturated rings. The van der Waals surface area contributed by atoms with Gasteiger partial charge >= 0.3 is 0 Å². The third kappa shape index (κ3) is 6.29. The lowest BCUT2D eigenvalue weighted by Gasteiger charge is -2.28. The molecule has 0 aliphatic heterocycles. The number of carbonyl (C=O) groups is 2. The maximum Gasteiger partial charge on any atom is 0.261 e. The quantitative estimate of drug-likeness (QED) is 0.713. The molecular weight excluding hydrogens is 364 g/mol. The van der Waals surface area contributed by atoms with Gasteiger partial charge in [0.1, 0.15) is 11.8 Å². The average Bonchev–Trinajstić information content (AvgIpc) is 2.69. The maximum atomic E-state index is 12.8. The number of ether oxygens (including phenoxy) is 1. The van der Waals surface area contributed by atoms with Gasteiger partial charge < -0.3 is 15.0 Å². The van der Waals surface area contributed by atoms with Crippen molar-refractivity contribution < 1.29 is 14.3 Å². The van der Waals surface area contributed by atoms with E-state index in [1.165, 1.54) is 4.90 Å². The highest BCUT2D eigenvalue weighted by Gasteiger charge is 2.26. The maximum absolute atomic E-state index is 12.8. The van der Waals surface area contributed by atoms with Gasteiger partial charge in [0, 0.05) is 13.1 Å². The molecule has 2 amide bonds. The van der Waals surface area contributed by atoms with E-state index in [0.717, 1.165) is 12.0 Å². The van der Waals surface area contributed by atoms with Crippen LogP contribution in [0.2, 0.25) is 5.02 Å². The normalized spacial score (nSPS) is 11.5. The summed E-state index contributed by atoms with van der Waals surface area (Å²) in [5.74, 6) is -0.0212. The zero-order chi connectivity index (χ0) is 19.6. The van der Waals surface area contributed by atoms with Crippen LogP contribution in [0.5, 0.6) is 5.75 Å². The largest absolute Gasteiger partial charge is 0.482 e. The van der Waals surface area contributed by atoms with Crippen molar-refractivity contribution in [1.82, 2.24) is 10.2 Å². The molecule has 0 heterocycles. The van der Waals surface area contributed by atoms with Crippen molar-refractivity contribution in [1.29, 1.82) is 0 Å². The smallest absolute Gasteiger partial charge is 0.261 e. The number of amides is 2. The van der Waals surface area contributed by atoms with Crippen LogP contribution in [0, 0.1) is 0 Å². The molecule has 0 aliphatic rings. The predicted octanol–water partition coefficient (Wildman–Crippen LogP) is 3.66. The van der Waals surface area contributed by atoms with Gasteiger partial charge in [-0.25, -0.2) is 0 Å². The number of benzene rings is 2. The van der Waals surface area contributed by atoms with Gasteiger partial charge in [0.25, 0.3) is 5.91 Å². The Morgan fingerprint density at radius 3 is 2.44 bits per heavy atom. The Morgan fingerprint density at radius 2 is 1.78 bits per heavy atom. The van der Waals surface area contributed by atoms with E-state index in [9.17, 15) is 9.59 Å². The zero-order valence-electron chi connectivity index (χ0n) is 15.7. The number of nitrogens with zero attached hydrogens (tertiary/aromatic N) is 1. The molecule has 0 bridgehead atoms. The van der Waals surface area contributed by atoms with Crippen LogP contribution < -0.4 is 10.1 Å². The summed E-state index contributed by atoms with van der Waals surface area (Å²) < 4.78 is 5.57. The van der Waals surface area contributed by atoms with Crippen LogP contribution in [-0.4, -0.2) is 35.9 Å². The van der Waals surface area contributed by atoms with Crippen molar-refractivity contribution >= 4 is 23.4 Å². The molecule has 0 aromatic heterocycles. The first-order valence-corrected chi connectivity index (χ1v) is 9.39. The lowest BCUT2D eigenvalue weighted by Crippen LogP contribution is -2.49. The van der Waals surface area contributed by atoms with Crippen molar-refractivity contribution in [2.45, 2.75) is 32.9 Å². The van der Waals surface area contributed by atoms with E-state index in [1.54, 1.807) is 31.2 Å². The summed E-state index contributed by atoms with van der Waals surface area (Å²) >= 11 is 6.07. The Kier molecular flexibility index (Phi) is 8.14. The number of nitrogens with one attached hydrogen (secondary N) is 1. The second-order valence-electron chi connectivity index (χ2n) is 6.19. The van der Waals surface area contributed by atoms with E-state index >= 15 is 0 Å². The van der Waals surface area contributed by atoms with Gasteiger partial charge in [-0.1, -0.05) is 61.0 Å². The first-order chi connectivity index (χ1) is 13.0. The Balaban J connectivity index is 2.11. The highest BCUT2D eigenvalue weighted by molar-refractivity contribution is 6.32. The van der Waals surface area contributed by atoms with Gasteiger partial charge in [0.05, 0.1) is 5.02 Å². The summed E-state index contributed by atoms with van der Waals surface area (Å²) in [5.41, 5.74) is 0.943. The summed E-state index contributed by atoms with van der Waals surface area (Å²) in [6.45, 7) is 4.41. The summed E-state index contributed by atoms with van der Waals surface area (Å²) in [6.07, 6.45) is 0.834. The number of carbonyl (C=O) groups excluding carboxylic acids is 2. The molecular formula is C21H25ClN2O3. The van der Waals surface area contributed by atoms with E-state index in [-0.39, 0.29) is 18.4 Å². The van der Waals surface area contributed by atoms with E-state index in [2.05, 4.69) is 5.32 Å². The number of halogens is 1. The molecule has 0 radical (unpaired) electrons. The second kappa shape index (κ2) is 10.6. The molecule has 1 unspecified atom stereocenters. The number of hydrogen-bond acceptors (Lipinski definition) is 3. The van der Waals surface area contributed by atoms with Crippen LogP contribution in [0.3, 0.4) is 0 Å². The molecule has 2 aromatic rings. The van der Waals surface area contributed by atoms with Crippen molar-refractivity contribution in [3.8, 4) is 5.75 Å². The molecule has 0 saturated carbocycles. The van der Waals surface area contributed by atoms with Gasteiger partial charge in [-0.2, -0.15) is 0 Å². The number of rotatable bonds is 9. The van der Waals surface area contributed by atoms with Gasteiger partial charge in [0.15, 0.2) is 6.61 Å². The standard InChI is InChI=1S/C21H25ClN2O3/c1-3-13-23-21(26)16(2)24(14-17-9-5-4-6-10-17)20(25)15-27-19-12-8-7-11-18(19)22/h4-12,16H,3,13-15H2,1-2H3,(H,23,26). The molecule has 6 heteroatoms. The summed E-state index contributed by atoms with van der Waals surface area (Å²) in [7, 11) is 0. The van der Waals surface area contributed by atoms with E-state index < -0.39 is 6.04 Å². The SMILES string of the molecule is CCCNC(=O)C(C)N(Cc1ccccc1)C(=O)COc1ccccc1Cl. The topological polar surface area (TPSA) is 58.6 Å². The average molecular weight is 389 g/mol. The van der Waals surface area contributed by atoms with E-state index in [4.69, 9.17) is 16.3 Å². The van der Waals surface area contributed by atoms with Crippen LogP contribution in [0.25, 0.3) is 0 Å². The highest BCUT2D eigenvalue weighted by atomic mass is 35.5. The minimum Gasteiger partial charge on any atom is -0.482 e. The molecule has 2 aromatic carbocycles. The van der Waals surface area contributed by atoms with Crippen molar-refractivity contribution in [3.63, 3.8) is 0 Å². The minimum absolute atomic E-state index is 0.182. The Bertz CT molecular complexity index is 752. The minimum atomic E-state index is -0.612. The van der Waals surface area contributed by atoms with Crippen LogP contribution in [0.1, 0.15) is 25.8 Å². The first-order valence-electron chi connectivity index (χ1n) is 9.01. The van der Waals surface area contributed by atoms with E-state index in [0.29, 0.717) is 23.9 Å². The fraction of sp³-hybridized carbons (Fsp3) is 0.333. The molecule has 1 N–H and O–H groups in total.